The molecule has 0 aliphatic carbocycles. The highest BCUT2D eigenvalue weighted by atomic mass is 16.5. The van der Waals surface area contributed by atoms with E-state index < -0.39 is 0 Å². The molecule has 1 atom stereocenters. The number of benzene rings is 1. The average Bonchev–Trinajstić information content (AvgIpc) is 2.72. The van der Waals surface area contributed by atoms with Crippen molar-refractivity contribution in [2.75, 3.05) is 27.2 Å². The van der Waals surface area contributed by atoms with Crippen molar-refractivity contribution in [1.29, 1.82) is 0 Å². The molecule has 1 aliphatic heterocycles. The highest BCUT2D eigenvalue weighted by Gasteiger charge is 2.12. The van der Waals surface area contributed by atoms with E-state index in [1.165, 1.54) is 11.1 Å². The van der Waals surface area contributed by atoms with E-state index >= 15 is 0 Å². The standard InChI is InChI=1S/C14H22N2O/c1-11(10-16(2)3)15-9-12-4-5-14-13(8-12)6-7-17-14/h4-5,8,11,15H,6-7,9-10H2,1-3H3. The first kappa shape index (κ1) is 12.4. The van der Waals surface area contributed by atoms with Crippen molar-refractivity contribution in [1.82, 2.24) is 10.2 Å². The number of hydrogen-bond donors (Lipinski definition) is 1. The minimum absolute atomic E-state index is 0.509. The van der Waals surface area contributed by atoms with E-state index in [9.17, 15) is 0 Å². The van der Waals surface area contributed by atoms with E-state index in [1.54, 1.807) is 0 Å². The molecule has 0 saturated heterocycles. The first-order chi connectivity index (χ1) is 8.15. The third-order valence-corrected chi connectivity index (χ3v) is 3.05. The second kappa shape index (κ2) is 5.52. The Balaban J connectivity index is 1.87. The van der Waals surface area contributed by atoms with Gasteiger partial charge < -0.3 is 15.0 Å². The molecule has 1 heterocycles. The Morgan fingerprint density at radius 2 is 2.24 bits per heavy atom. The molecular weight excluding hydrogens is 212 g/mol. The molecule has 94 valence electrons. The lowest BCUT2D eigenvalue weighted by molar-refractivity contribution is 0.349. The summed E-state index contributed by atoms with van der Waals surface area (Å²) in [7, 11) is 4.20. The predicted molar refractivity (Wildman–Crippen MR) is 70.5 cm³/mol. The van der Waals surface area contributed by atoms with Crippen LogP contribution in [0.4, 0.5) is 0 Å². The second-order valence-electron chi connectivity index (χ2n) is 5.08. The van der Waals surface area contributed by atoms with Gasteiger partial charge in [-0.25, -0.2) is 0 Å². The summed E-state index contributed by atoms with van der Waals surface area (Å²) in [4.78, 5) is 2.20. The molecule has 0 amide bonds. The fourth-order valence-corrected chi connectivity index (χ4v) is 2.25. The summed E-state index contributed by atoms with van der Waals surface area (Å²) in [6.07, 6.45) is 1.05. The van der Waals surface area contributed by atoms with Crippen molar-refractivity contribution in [3.05, 3.63) is 29.3 Å². The van der Waals surface area contributed by atoms with Crippen molar-refractivity contribution in [2.45, 2.75) is 25.9 Å². The molecular formula is C14H22N2O. The van der Waals surface area contributed by atoms with Crippen molar-refractivity contribution in [3.8, 4) is 5.75 Å². The van der Waals surface area contributed by atoms with E-state index in [4.69, 9.17) is 4.74 Å². The van der Waals surface area contributed by atoms with Crippen LogP contribution >= 0.6 is 0 Å². The summed E-state index contributed by atoms with van der Waals surface area (Å²) in [5.41, 5.74) is 2.70. The molecule has 0 spiro atoms. The number of rotatable bonds is 5. The van der Waals surface area contributed by atoms with Gasteiger partial charge >= 0.3 is 0 Å². The number of nitrogens with zero attached hydrogens (tertiary/aromatic N) is 1. The Kier molecular flexibility index (Phi) is 4.02. The van der Waals surface area contributed by atoms with Crippen molar-refractivity contribution in [2.24, 2.45) is 0 Å². The van der Waals surface area contributed by atoms with Crippen LogP contribution in [0.25, 0.3) is 0 Å². The van der Waals surface area contributed by atoms with Crippen LogP contribution in [0.2, 0.25) is 0 Å². The minimum Gasteiger partial charge on any atom is -0.493 e. The van der Waals surface area contributed by atoms with E-state index in [2.05, 4.69) is 49.4 Å². The molecule has 3 nitrogen and oxygen atoms in total. The third-order valence-electron chi connectivity index (χ3n) is 3.05. The maximum absolute atomic E-state index is 5.50. The summed E-state index contributed by atoms with van der Waals surface area (Å²) in [5, 5.41) is 3.54. The highest BCUT2D eigenvalue weighted by molar-refractivity contribution is 5.39. The van der Waals surface area contributed by atoms with E-state index in [1.807, 2.05) is 0 Å². The number of ether oxygens (including phenoxy) is 1. The SMILES string of the molecule is CC(CN(C)C)NCc1ccc2c(c1)CCO2. The fourth-order valence-electron chi connectivity index (χ4n) is 2.25. The van der Waals surface area contributed by atoms with Crippen molar-refractivity contribution >= 4 is 0 Å². The second-order valence-corrected chi connectivity index (χ2v) is 5.08. The molecule has 1 aromatic carbocycles. The van der Waals surface area contributed by atoms with Gasteiger partial charge in [-0.2, -0.15) is 0 Å². The van der Waals surface area contributed by atoms with Crippen LogP contribution in [0.5, 0.6) is 5.75 Å². The van der Waals surface area contributed by atoms with Crippen LogP contribution in [0, 0.1) is 0 Å². The molecule has 2 rings (SSSR count). The molecule has 0 aromatic heterocycles. The fraction of sp³-hybridized carbons (Fsp3) is 0.571. The Bertz CT molecular complexity index is 376. The van der Waals surface area contributed by atoms with E-state index in [0.29, 0.717) is 6.04 Å². The van der Waals surface area contributed by atoms with Gasteiger partial charge in [0.25, 0.3) is 0 Å². The molecule has 1 unspecified atom stereocenters. The van der Waals surface area contributed by atoms with Crippen LogP contribution < -0.4 is 10.1 Å². The zero-order valence-electron chi connectivity index (χ0n) is 11.0. The lowest BCUT2D eigenvalue weighted by atomic mass is 10.1. The lowest BCUT2D eigenvalue weighted by Gasteiger charge is -2.18. The summed E-state index contributed by atoms with van der Waals surface area (Å²) in [6.45, 7) is 5.05. The maximum atomic E-state index is 5.50. The van der Waals surface area contributed by atoms with Gasteiger partial charge in [-0.15, -0.1) is 0 Å². The summed E-state index contributed by atoms with van der Waals surface area (Å²) in [5.74, 6) is 1.06. The van der Waals surface area contributed by atoms with Gasteiger partial charge in [-0.3, -0.25) is 0 Å². The molecule has 3 heteroatoms. The van der Waals surface area contributed by atoms with Gasteiger partial charge in [0.15, 0.2) is 0 Å². The molecule has 0 radical (unpaired) electrons. The Hall–Kier alpha value is -1.06. The topological polar surface area (TPSA) is 24.5 Å². The largest absolute Gasteiger partial charge is 0.493 e. The smallest absolute Gasteiger partial charge is 0.122 e. The normalized spacial score (nSPS) is 15.8. The first-order valence-electron chi connectivity index (χ1n) is 6.28. The van der Waals surface area contributed by atoms with Crippen LogP contribution in [-0.4, -0.2) is 38.2 Å². The zero-order valence-corrected chi connectivity index (χ0v) is 11.0. The van der Waals surface area contributed by atoms with Crippen LogP contribution in [0.15, 0.2) is 18.2 Å². The number of nitrogens with one attached hydrogen (secondary N) is 1. The molecule has 0 saturated carbocycles. The lowest BCUT2D eigenvalue weighted by Crippen LogP contribution is -2.35. The van der Waals surface area contributed by atoms with Gasteiger partial charge in [0.1, 0.15) is 5.75 Å². The Labute approximate surface area is 104 Å². The van der Waals surface area contributed by atoms with E-state index in [0.717, 1.165) is 31.9 Å². The minimum atomic E-state index is 0.509. The van der Waals surface area contributed by atoms with Crippen molar-refractivity contribution < 1.29 is 4.74 Å². The highest BCUT2D eigenvalue weighted by Crippen LogP contribution is 2.25. The Morgan fingerprint density at radius 3 is 3.00 bits per heavy atom. The molecule has 1 N–H and O–H groups in total. The monoisotopic (exact) mass is 234 g/mol. The van der Waals surface area contributed by atoms with Crippen LogP contribution in [-0.2, 0) is 13.0 Å². The van der Waals surface area contributed by atoms with Gasteiger partial charge in [0, 0.05) is 25.6 Å². The van der Waals surface area contributed by atoms with Crippen LogP contribution in [0.3, 0.4) is 0 Å². The molecule has 0 bridgehead atoms. The average molecular weight is 234 g/mol. The number of fused-ring (bicyclic) bond motifs is 1. The molecule has 17 heavy (non-hydrogen) atoms. The first-order valence-corrected chi connectivity index (χ1v) is 6.28. The Morgan fingerprint density at radius 1 is 1.41 bits per heavy atom. The maximum Gasteiger partial charge on any atom is 0.122 e. The van der Waals surface area contributed by atoms with Gasteiger partial charge in [-0.05, 0) is 38.2 Å². The molecule has 0 fully saturated rings. The van der Waals surface area contributed by atoms with Gasteiger partial charge in [0.05, 0.1) is 6.61 Å². The van der Waals surface area contributed by atoms with Crippen molar-refractivity contribution in [3.63, 3.8) is 0 Å². The zero-order chi connectivity index (χ0) is 12.3. The number of hydrogen-bond acceptors (Lipinski definition) is 3. The third kappa shape index (κ3) is 3.45. The molecule has 1 aromatic rings. The number of likely N-dealkylation sites (N-methyl/N-ethyl adjacent to an activating group) is 1. The predicted octanol–water partition coefficient (Wildman–Crippen LogP) is 1.66. The summed E-state index contributed by atoms with van der Waals surface area (Å²) >= 11 is 0. The summed E-state index contributed by atoms with van der Waals surface area (Å²) in [6, 6.07) is 7.02. The van der Waals surface area contributed by atoms with E-state index in [-0.39, 0.29) is 0 Å². The molecule has 1 aliphatic rings. The van der Waals surface area contributed by atoms with Crippen LogP contribution in [0.1, 0.15) is 18.1 Å². The van der Waals surface area contributed by atoms with Gasteiger partial charge in [0.2, 0.25) is 0 Å². The quantitative estimate of drug-likeness (QED) is 0.838. The van der Waals surface area contributed by atoms with Gasteiger partial charge in [-0.1, -0.05) is 12.1 Å². The summed E-state index contributed by atoms with van der Waals surface area (Å²) < 4.78 is 5.50.